The Bertz CT molecular complexity index is 576. The normalized spacial score (nSPS) is 15.8. The van der Waals surface area contributed by atoms with Gasteiger partial charge in [-0.1, -0.05) is 18.2 Å². The van der Waals surface area contributed by atoms with Crippen molar-refractivity contribution >= 4 is 21.7 Å². The monoisotopic (exact) mass is 289 g/mol. The molecule has 1 fully saturated rings. The van der Waals surface area contributed by atoms with E-state index in [1.807, 2.05) is 6.92 Å². The largest absolute Gasteiger partial charge is 0.467 e. The zero-order chi connectivity index (χ0) is 13.8. The molecule has 2 aromatic carbocycles. The van der Waals surface area contributed by atoms with Gasteiger partial charge in [-0.2, -0.15) is 0 Å². The van der Waals surface area contributed by atoms with Gasteiger partial charge >= 0.3 is 0 Å². The van der Waals surface area contributed by atoms with E-state index in [1.54, 1.807) is 0 Å². The predicted molar refractivity (Wildman–Crippen MR) is 85.7 cm³/mol. The molecule has 106 valence electrons. The minimum atomic E-state index is 0.325. The van der Waals surface area contributed by atoms with Crippen LogP contribution in [0.2, 0.25) is 0 Å². The van der Waals surface area contributed by atoms with E-state index in [-0.39, 0.29) is 0 Å². The topological polar surface area (TPSA) is 18.5 Å². The van der Waals surface area contributed by atoms with Crippen molar-refractivity contribution in [2.45, 2.75) is 24.7 Å². The predicted octanol–water partition coefficient (Wildman–Crippen LogP) is 3.98. The van der Waals surface area contributed by atoms with E-state index in [9.17, 15) is 0 Å². The summed E-state index contributed by atoms with van der Waals surface area (Å²) in [5.74, 6) is 3.63. The summed E-state index contributed by atoms with van der Waals surface area (Å²) >= 11 is 0. The Labute approximate surface area is 123 Å². The first kappa shape index (κ1) is 13.8. The highest BCUT2D eigenvalue weighted by atomic mass is 32.2. The van der Waals surface area contributed by atoms with E-state index in [1.165, 1.54) is 40.0 Å². The van der Waals surface area contributed by atoms with Gasteiger partial charge in [0.1, 0.15) is 17.3 Å². The van der Waals surface area contributed by atoms with Crippen molar-refractivity contribution in [3.63, 3.8) is 0 Å². The fourth-order valence-corrected chi connectivity index (χ4v) is 5.18. The zero-order valence-electron chi connectivity index (χ0n) is 11.9. The Hall–Kier alpha value is -1.19. The molecule has 0 radical (unpaired) electrons. The van der Waals surface area contributed by atoms with Crippen LogP contribution in [0.5, 0.6) is 5.75 Å². The maximum absolute atomic E-state index is 5.76. The average Bonchev–Trinajstić information content (AvgIpc) is 3.01. The molecule has 0 saturated carbocycles. The molecule has 1 saturated heterocycles. The van der Waals surface area contributed by atoms with Gasteiger partial charge in [-0.15, -0.1) is 0 Å². The van der Waals surface area contributed by atoms with Gasteiger partial charge in [0, 0.05) is 28.3 Å². The molecule has 2 nitrogen and oxygen atoms in total. The summed E-state index contributed by atoms with van der Waals surface area (Å²) < 4.78 is 11.1. The lowest BCUT2D eigenvalue weighted by Crippen LogP contribution is -2.06. The zero-order valence-corrected chi connectivity index (χ0v) is 12.7. The highest BCUT2D eigenvalue weighted by Crippen LogP contribution is 2.34. The molecule has 3 rings (SSSR count). The van der Waals surface area contributed by atoms with Gasteiger partial charge in [0.25, 0.3) is 0 Å². The van der Waals surface area contributed by atoms with Crippen molar-refractivity contribution < 1.29 is 9.47 Å². The maximum Gasteiger partial charge on any atom is 0.189 e. The summed E-state index contributed by atoms with van der Waals surface area (Å²) in [7, 11) is 0.432. The molecule has 0 atom stereocenters. The first-order valence-corrected chi connectivity index (χ1v) is 8.86. The van der Waals surface area contributed by atoms with E-state index < -0.39 is 0 Å². The summed E-state index contributed by atoms with van der Waals surface area (Å²) in [4.78, 5) is 1.52. The van der Waals surface area contributed by atoms with Crippen molar-refractivity contribution in [1.82, 2.24) is 0 Å². The lowest BCUT2D eigenvalue weighted by molar-refractivity contribution is 0.0233. The van der Waals surface area contributed by atoms with Crippen LogP contribution in [0.1, 0.15) is 19.8 Å². The summed E-state index contributed by atoms with van der Waals surface area (Å²) in [6, 6.07) is 13.0. The minimum absolute atomic E-state index is 0.325. The fraction of sp³-hybridized carbons (Fsp3) is 0.412. The average molecular weight is 289 g/mol. The van der Waals surface area contributed by atoms with Gasteiger partial charge < -0.3 is 9.47 Å². The van der Waals surface area contributed by atoms with Crippen molar-refractivity contribution in [3.05, 3.63) is 36.4 Å². The summed E-state index contributed by atoms with van der Waals surface area (Å²) in [6.45, 7) is 2.98. The number of hydrogen-bond donors (Lipinski definition) is 0. The molecule has 1 aliphatic rings. The maximum atomic E-state index is 5.76. The van der Waals surface area contributed by atoms with Crippen molar-refractivity contribution in [3.8, 4) is 5.75 Å². The quantitative estimate of drug-likeness (QED) is 0.471. The fourth-order valence-electron chi connectivity index (χ4n) is 2.68. The van der Waals surface area contributed by atoms with Gasteiger partial charge in [0.2, 0.25) is 0 Å². The third-order valence-corrected chi connectivity index (χ3v) is 6.23. The van der Waals surface area contributed by atoms with E-state index in [0.29, 0.717) is 24.3 Å². The molecule has 0 aliphatic carbocycles. The highest BCUT2D eigenvalue weighted by molar-refractivity contribution is 7.97. The molecular weight excluding hydrogens is 268 g/mol. The second kappa shape index (κ2) is 6.51. The number of ether oxygens (including phenoxy) is 2. The lowest BCUT2D eigenvalue weighted by atomic mass is 10.1. The molecular formula is C17H21O2S+. The first-order chi connectivity index (χ1) is 9.90. The van der Waals surface area contributed by atoms with Crippen LogP contribution in [0, 0.1) is 0 Å². The number of fused-ring (bicyclic) bond motifs is 1. The first-order valence-electron chi connectivity index (χ1n) is 7.30. The van der Waals surface area contributed by atoms with E-state index in [2.05, 4.69) is 36.4 Å². The molecule has 0 aromatic heterocycles. The Balaban J connectivity index is 1.96. The van der Waals surface area contributed by atoms with Crippen LogP contribution in [-0.4, -0.2) is 24.9 Å². The number of benzene rings is 2. The molecule has 1 aliphatic heterocycles. The second-order valence-corrected chi connectivity index (χ2v) is 7.21. The van der Waals surface area contributed by atoms with Gasteiger partial charge in [-0.25, -0.2) is 0 Å². The summed E-state index contributed by atoms with van der Waals surface area (Å²) in [6.07, 6.45) is 2.75. The van der Waals surface area contributed by atoms with Crippen LogP contribution in [-0.2, 0) is 15.6 Å². The molecule has 1 heterocycles. The van der Waals surface area contributed by atoms with Crippen LogP contribution in [0.25, 0.3) is 10.8 Å². The van der Waals surface area contributed by atoms with Crippen molar-refractivity contribution in [1.29, 1.82) is 0 Å². The van der Waals surface area contributed by atoms with Crippen molar-refractivity contribution in [2.24, 2.45) is 0 Å². The van der Waals surface area contributed by atoms with Crippen LogP contribution < -0.4 is 4.74 Å². The highest BCUT2D eigenvalue weighted by Gasteiger charge is 2.29. The smallest absolute Gasteiger partial charge is 0.189 e. The Kier molecular flexibility index (Phi) is 4.48. The Morgan fingerprint density at radius 3 is 2.50 bits per heavy atom. The molecule has 0 unspecified atom stereocenters. The second-order valence-electron chi connectivity index (χ2n) is 4.97. The Morgan fingerprint density at radius 1 is 1.00 bits per heavy atom. The van der Waals surface area contributed by atoms with E-state index in [0.717, 1.165) is 5.75 Å². The standard InChI is InChI=1S/C17H21O2S/c1-2-18-13-19-16-9-10-17(20-11-5-6-12-20)15-8-4-3-7-14(15)16/h3-4,7-10H,2,5-6,11-13H2,1H3/q+1. The third-order valence-electron chi connectivity index (χ3n) is 3.69. The SMILES string of the molecule is CCOCOc1ccc([S+]2CCCC2)c2ccccc12. The lowest BCUT2D eigenvalue weighted by Gasteiger charge is -2.11. The number of hydrogen-bond acceptors (Lipinski definition) is 2. The molecule has 0 spiro atoms. The van der Waals surface area contributed by atoms with Crippen LogP contribution in [0.4, 0.5) is 0 Å². The Morgan fingerprint density at radius 2 is 1.75 bits per heavy atom. The molecule has 20 heavy (non-hydrogen) atoms. The summed E-state index contributed by atoms with van der Waals surface area (Å²) in [5, 5.41) is 2.57. The minimum Gasteiger partial charge on any atom is -0.467 e. The van der Waals surface area contributed by atoms with Crippen molar-refractivity contribution in [2.75, 3.05) is 24.9 Å². The van der Waals surface area contributed by atoms with Gasteiger partial charge in [0.05, 0.1) is 0 Å². The molecule has 0 bridgehead atoms. The van der Waals surface area contributed by atoms with Gasteiger partial charge in [-0.3, -0.25) is 0 Å². The molecule has 0 N–H and O–H groups in total. The van der Waals surface area contributed by atoms with Crippen LogP contribution in [0.15, 0.2) is 41.3 Å². The molecule has 0 amide bonds. The van der Waals surface area contributed by atoms with E-state index in [4.69, 9.17) is 9.47 Å². The van der Waals surface area contributed by atoms with Crippen LogP contribution in [0.3, 0.4) is 0 Å². The summed E-state index contributed by atoms with van der Waals surface area (Å²) in [5.41, 5.74) is 0. The van der Waals surface area contributed by atoms with E-state index >= 15 is 0 Å². The van der Waals surface area contributed by atoms with Gasteiger partial charge in [0.15, 0.2) is 11.7 Å². The van der Waals surface area contributed by atoms with Crippen LogP contribution >= 0.6 is 0 Å². The van der Waals surface area contributed by atoms with Gasteiger partial charge in [-0.05, 0) is 38.0 Å². The molecule has 2 aromatic rings. The molecule has 3 heteroatoms. The number of rotatable bonds is 5. The third kappa shape index (κ3) is 2.79.